The molecule has 0 N–H and O–H groups in total. The molecule has 7 aromatic carbocycles. The topological polar surface area (TPSA) is 38.7 Å². The first kappa shape index (κ1) is 33.6. The number of aromatic nitrogens is 3. The molecule has 0 fully saturated rings. The normalized spacial score (nSPS) is 14.7. The minimum atomic E-state index is -1.51. The lowest BCUT2D eigenvalue weighted by atomic mass is 9.74. The third-order valence-corrected chi connectivity index (χ3v) is 13.0. The highest BCUT2D eigenvalue weighted by Crippen LogP contribution is 2.53. The van der Waals surface area contributed by atoms with E-state index in [1.165, 1.54) is 44.1 Å². The molecule has 1 unspecified atom stereocenters. The summed E-state index contributed by atoms with van der Waals surface area (Å²) in [5, 5.41) is 1.50. The summed E-state index contributed by atoms with van der Waals surface area (Å²) in [6, 6.07) is 63.0. The molecule has 0 saturated carbocycles. The molecule has 8 aromatic rings. The van der Waals surface area contributed by atoms with Crippen LogP contribution in [0.5, 0.6) is 0 Å². The van der Waals surface area contributed by atoms with Gasteiger partial charge in [-0.3, -0.25) is 0 Å². The van der Waals surface area contributed by atoms with Crippen molar-refractivity contribution in [2.24, 2.45) is 0 Å². The van der Waals surface area contributed by atoms with Crippen molar-refractivity contribution in [1.82, 2.24) is 15.0 Å². The Kier molecular flexibility index (Phi) is 8.28. The number of benzene rings is 7. The number of nitrogens with zero attached hydrogens (tertiary/aromatic N) is 3. The number of rotatable bonds is 7. The van der Waals surface area contributed by atoms with E-state index in [1.54, 1.807) is 0 Å². The molecular weight excluding hydrogens is 671 g/mol. The van der Waals surface area contributed by atoms with E-state index >= 15 is 0 Å². The highest BCUT2D eigenvalue weighted by molar-refractivity contribution is 6.88. The van der Waals surface area contributed by atoms with Gasteiger partial charge in [0, 0.05) is 22.1 Å². The molecule has 1 heterocycles. The van der Waals surface area contributed by atoms with Crippen molar-refractivity contribution in [3.05, 3.63) is 193 Å². The van der Waals surface area contributed by atoms with Gasteiger partial charge in [0.25, 0.3) is 0 Å². The van der Waals surface area contributed by atoms with Crippen LogP contribution in [-0.4, -0.2) is 23.0 Å². The SMILES string of the molecule is CC1(c2ccccc2)c2cc(-c3ccc(-c4cccc(-c5nc(-c6ccccc6)nc(-c6ccccc6)n5)c4)cc3)ccc2-c2ccc([Si](C)(C)C)cc21. The molecule has 54 heavy (non-hydrogen) atoms. The maximum absolute atomic E-state index is 4.96. The molecule has 0 saturated heterocycles. The Morgan fingerprint density at radius 2 is 0.796 bits per heavy atom. The standard InChI is InChI=1S/C50H41N3Si/c1-50(41-21-12-7-13-22-41)45-32-39(27-29-43(45)44-30-28-42(33-46(44)50)54(2,3)4)35-25-23-34(24-26-35)38-19-14-20-40(31-38)49-52-47(36-15-8-5-9-16-36)51-48(53-49)37-17-10-6-11-18-37/h5-33H,1-4H3. The first-order chi connectivity index (χ1) is 26.3. The summed E-state index contributed by atoms with van der Waals surface area (Å²) in [7, 11) is -1.51. The van der Waals surface area contributed by atoms with Crippen LogP contribution in [0.25, 0.3) is 67.5 Å². The molecule has 1 aromatic heterocycles. The van der Waals surface area contributed by atoms with E-state index in [4.69, 9.17) is 15.0 Å². The summed E-state index contributed by atoms with van der Waals surface area (Å²) in [5.74, 6) is 1.97. The predicted octanol–water partition coefficient (Wildman–Crippen LogP) is 12.1. The van der Waals surface area contributed by atoms with Gasteiger partial charge < -0.3 is 0 Å². The molecule has 0 spiro atoms. The van der Waals surface area contributed by atoms with Crippen molar-refractivity contribution in [2.45, 2.75) is 32.0 Å². The van der Waals surface area contributed by atoms with Gasteiger partial charge in [-0.1, -0.05) is 189 Å². The summed E-state index contributed by atoms with van der Waals surface area (Å²) in [4.78, 5) is 14.8. The molecule has 4 heteroatoms. The van der Waals surface area contributed by atoms with Crippen LogP contribution in [0.2, 0.25) is 19.6 Å². The zero-order valence-electron chi connectivity index (χ0n) is 31.1. The zero-order chi connectivity index (χ0) is 36.9. The lowest BCUT2D eigenvalue weighted by Gasteiger charge is -2.30. The molecule has 1 aliphatic carbocycles. The van der Waals surface area contributed by atoms with E-state index in [0.29, 0.717) is 17.5 Å². The second-order valence-electron chi connectivity index (χ2n) is 15.5. The summed E-state index contributed by atoms with van der Waals surface area (Å²) >= 11 is 0. The molecule has 0 aliphatic heterocycles. The minimum Gasteiger partial charge on any atom is -0.208 e. The number of hydrogen-bond acceptors (Lipinski definition) is 3. The molecule has 260 valence electrons. The van der Waals surface area contributed by atoms with Gasteiger partial charge in [0.2, 0.25) is 0 Å². The Morgan fingerprint density at radius 3 is 1.35 bits per heavy atom. The molecule has 0 radical (unpaired) electrons. The largest absolute Gasteiger partial charge is 0.208 e. The van der Waals surface area contributed by atoms with Crippen LogP contribution in [0, 0.1) is 0 Å². The fraction of sp³-hybridized carbons (Fsp3) is 0.100. The van der Waals surface area contributed by atoms with Crippen LogP contribution >= 0.6 is 0 Å². The van der Waals surface area contributed by atoms with Crippen LogP contribution in [0.4, 0.5) is 0 Å². The average molecular weight is 712 g/mol. The van der Waals surface area contributed by atoms with Gasteiger partial charge >= 0.3 is 0 Å². The summed E-state index contributed by atoms with van der Waals surface area (Å²) < 4.78 is 0. The van der Waals surface area contributed by atoms with Crippen LogP contribution in [0.1, 0.15) is 23.6 Å². The number of hydrogen-bond donors (Lipinski definition) is 0. The van der Waals surface area contributed by atoms with E-state index in [-0.39, 0.29) is 5.41 Å². The van der Waals surface area contributed by atoms with E-state index in [2.05, 4.69) is 142 Å². The average Bonchev–Trinajstić information content (AvgIpc) is 3.49. The van der Waals surface area contributed by atoms with Crippen molar-refractivity contribution in [3.8, 4) is 67.5 Å². The maximum Gasteiger partial charge on any atom is 0.164 e. The fourth-order valence-corrected chi connectivity index (χ4v) is 9.05. The van der Waals surface area contributed by atoms with Crippen LogP contribution in [0.15, 0.2) is 176 Å². The molecule has 0 amide bonds. The molecule has 1 atom stereocenters. The van der Waals surface area contributed by atoms with Gasteiger partial charge in [-0.05, 0) is 69.1 Å². The van der Waals surface area contributed by atoms with Crippen LogP contribution in [0.3, 0.4) is 0 Å². The van der Waals surface area contributed by atoms with E-state index in [9.17, 15) is 0 Å². The highest BCUT2D eigenvalue weighted by Gasteiger charge is 2.41. The highest BCUT2D eigenvalue weighted by atomic mass is 28.3. The van der Waals surface area contributed by atoms with Gasteiger partial charge in [-0.25, -0.2) is 15.0 Å². The second-order valence-corrected chi connectivity index (χ2v) is 20.5. The van der Waals surface area contributed by atoms with Crippen LogP contribution < -0.4 is 5.19 Å². The number of fused-ring (bicyclic) bond motifs is 3. The van der Waals surface area contributed by atoms with E-state index in [0.717, 1.165) is 27.8 Å². The Bertz CT molecular complexity index is 2570. The molecule has 9 rings (SSSR count). The first-order valence-corrected chi connectivity index (χ1v) is 22.2. The van der Waals surface area contributed by atoms with Crippen molar-refractivity contribution in [3.63, 3.8) is 0 Å². The van der Waals surface area contributed by atoms with Gasteiger partial charge in [0.1, 0.15) is 0 Å². The Morgan fingerprint density at radius 1 is 0.370 bits per heavy atom. The second kappa shape index (κ2) is 13.3. The molecular formula is C50H41N3Si. The Labute approximate surface area is 319 Å². The monoisotopic (exact) mass is 711 g/mol. The van der Waals surface area contributed by atoms with Crippen molar-refractivity contribution < 1.29 is 0 Å². The summed E-state index contributed by atoms with van der Waals surface area (Å²) in [6.45, 7) is 9.72. The summed E-state index contributed by atoms with van der Waals surface area (Å²) in [6.07, 6.45) is 0. The third kappa shape index (κ3) is 5.99. The maximum atomic E-state index is 4.96. The Balaban J connectivity index is 1.07. The van der Waals surface area contributed by atoms with Gasteiger partial charge in [0.15, 0.2) is 17.5 Å². The van der Waals surface area contributed by atoms with Crippen molar-refractivity contribution in [2.75, 3.05) is 0 Å². The van der Waals surface area contributed by atoms with Gasteiger partial charge in [-0.15, -0.1) is 0 Å². The Hall–Kier alpha value is -6.23. The van der Waals surface area contributed by atoms with Crippen molar-refractivity contribution in [1.29, 1.82) is 0 Å². The van der Waals surface area contributed by atoms with Gasteiger partial charge in [0.05, 0.1) is 8.07 Å². The summed E-state index contributed by atoms with van der Waals surface area (Å²) in [5.41, 5.74) is 14.1. The van der Waals surface area contributed by atoms with Crippen molar-refractivity contribution >= 4 is 13.3 Å². The zero-order valence-corrected chi connectivity index (χ0v) is 32.1. The molecule has 1 aliphatic rings. The molecule has 0 bridgehead atoms. The van der Waals surface area contributed by atoms with Crippen LogP contribution in [-0.2, 0) is 5.41 Å². The van der Waals surface area contributed by atoms with Gasteiger partial charge in [-0.2, -0.15) is 0 Å². The lowest BCUT2D eigenvalue weighted by molar-refractivity contribution is 0.714. The molecule has 3 nitrogen and oxygen atoms in total. The first-order valence-electron chi connectivity index (χ1n) is 18.7. The van der Waals surface area contributed by atoms with E-state index in [1.807, 2.05) is 60.7 Å². The minimum absolute atomic E-state index is 0.242. The quantitative estimate of drug-likeness (QED) is 0.155. The lowest BCUT2D eigenvalue weighted by Crippen LogP contribution is -2.38. The third-order valence-electron chi connectivity index (χ3n) is 11.0. The smallest absolute Gasteiger partial charge is 0.164 e. The predicted molar refractivity (Wildman–Crippen MR) is 227 cm³/mol. The van der Waals surface area contributed by atoms with E-state index < -0.39 is 8.07 Å². The fourth-order valence-electron chi connectivity index (χ4n) is 7.89.